The van der Waals surface area contributed by atoms with Gasteiger partial charge in [-0.25, -0.2) is 0 Å². The van der Waals surface area contributed by atoms with E-state index in [1.807, 2.05) is 28.0 Å². The summed E-state index contributed by atoms with van der Waals surface area (Å²) in [6.07, 6.45) is 6.89. The van der Waals surface area contributed by atoms with Crippen molar-refractivity contribution in [3.05, 3.63) is 47.5 Å². The summed E-state index contributed by atoms with van der Waals surface area (Å²) in [7, 11) is 0. The van der Waals surface area contributed by atoms with Crippen LogP contribution in [0.5, 0.6) is 0 Å². The Hall–Kier alpha value is -2.70. The van der Waals surface area contributed by atoms with Crippen molar-refractivity contribution < 1.29 is 9.59 Å². The summed E-state index contributed by atoms with van der Waals surface area (Å²) < 4.78 is 0. The molecule has 0 aliphatic carbocycles. The summed E-state index contributed by atoms with van der Waals surface area (Å²) in [4.78, 5) is 34.2. The third-order valence-corrected chi connectivity index (χ3v) is 5.59. The molecule has 2 aromatic heterocycles. The summed E-state index contributed by atoms with van der Waals surface area (Å²) in [5, 5.41) is 7.01. The van der Waals surface area contributed by atoms with Crippen LogP contribution in [0.2, 0.25) is 0 Å². The number of hydrogen-bond donors (Lipinski definition) is 1. The van der Waals surface area contributed by atoms with E-state index < -0.39 is 0 Å². The number of piperidine rings is 1. The van der Waals surface area contributed by atoms with E-state index in [1.165, 1.54) is 0 Å². The van der Waals surface area contributed by atoms with Gasteiger partial charge < -0.3 is 9.80 Å². The first kappa shape index (κ1) is 17.7. The van der Waals surface area contributed by atoms with Gasteiger partial charge in [-0.05, 0) is 31.4 Å². The molecule has 2 atom stereocenters. The summed E-state index contributed by atoms with van der Waals surface area (Å²) in [6, 6.07) is 5.80. The smallest absolute Gasteiger partial charge is 0.257 e. The van der Waals surface area contributed by atoms with Crippen LogP contribution in [0.1, 0.15) is 47.9 Å². The molecule has 0 radical (unpaired) electrons. The Bertz CT molecular complexity index is 819. The van der Waals surface area contributed by atoms with Gasteiger partial charge in [-0.1, -0.05) is 19.4 Å². The van der Waals surface area contributed by atoms with Crippen LogP contribution in [0.3, 0.4) is 0 Å². The number of nitrogens with zero attached hydrogens (tertiary/aromatic N) is 4. The van der Waals surface area contributed by atoms with Crippen LogP contribution >= 0.6 is 0 Å². The number of aromatic amines is 1. The fraction of sp³-hybridized carbons (Fsp3) is 0.500. The molecule has 3 aliphatic rings. The third kappa shape index (κ3) is 3.46. The minimum atomic E-state index is -0.127. The number of carbonyl (C=O) groups excluding carboxylic acids is 2. The van der Waals surface area contributed by atoms with Crippen molar-refractivity contribution in [3.8, 4) is 0 Å². The van der Waals surface area contributed by atoms with Crippen LogP contribution < -0.4 is 0 Å². The standard InChI is InChI=1S/C20H25N5O2/c1-2-5-18-17(10-22-23-18)20(27)24-11-14-7-8-16(13-24)25(19(14)26)12-15-6-3-4-9-21-15/h3-4,6,9-10,14,16H,2,5,7-8,11-13H2,1H3,(H,22,23)/t14-,16+/m0/s1. The molecule has 1 N–H and O–H groups in total. The molecule has 0 spiro atoms. The molecule has 5 rings (SSSR count). The average Bonchev–Trinajstić information content (AvgIpc) is 2.97. The number of aromatic nitrogens is 3. The monoisotopic (exact) mass is 367 g/mol. The lowest BCUT2D eigenvalue weighted by molar-refractivity contribution is -0.140. The predicted molar refractivity (Wildman–Crippen MR) is 99.8 cm³/mol. The largest absolute Gasteiger partial charge is 0.336 e. The molecule has 7 nitrogen and oxygen atoms in total. The molecule has 2 aromatic rings. The molecule has 3 saturated heterocycles. The number of pyridine rings is 1. The first-order valence-electron chi connectivity index (χ1n) is 9.69. The van der Waals surface area contributed by atoms with Gasteiger partial charge in [0.1, 0.15) is 0 Å². The SMILES string of the molecule is CCCc1[nH]ncc1C(=O)N1C[C@@H]2CC[C@H](C1)N(Cc1ccccn1)C2=O. The first-order chi connectivity index (χ1) is 13.2. The molecular weight excluding hydrogens is 342 g/mol. The number of aryl methyl sites for hydroxylation is 1. The molecule has 7 heteroatoms. The van der Waals surface area contributed by atoms with E-state index in [-0.39, 0.29) is 23.8 Å². The van der Waals surface area contributed by atoms with E-state index >= 15 is 0 Å². The molecule has 142 valence electrons. The van der Waals surface area contributed by atoms with Gasteiger partial charge in [0.05, 0.1) is 29.9 Å². The number of amides is 2. The van der Waals surface area contributed by atoms with Crippen LogP contribution in [0, 0.1) is 5.92 Å². The second kappa shape index (κ2) is 7.50. The molecule has 27 heavy (non-hydrogen) atoms. The Balaban J connectivity index is 1.54. The topological polar surface area (TPSA) is 82.2 Å². The van der Waals surface area contributed by atoms with Crippen molar-refractivity contribution in [2.75, 3.05) is 13.1 Å². The van der Waals surface area contributed by atoms with Crippen LogP contribution in [-0.2, 0) is 17.8 Å². The molecule has 3 fully saturated rings. The van der Waals surface area contributed by atoms with Gasteiger partial charge >= 0.3 is 0 Å². The van der Waals surface area contributed by atoms with Crippen molar-refractivity contribution in [3.63, 3.8) is 0 Å². The summed E-state index contributed by atoms with van der Waals surface area (Å²) in [5.74, 6) is 0.00250. The minimum absolute atomic E-state index is 0.0170. The number of carbonyl (C=O) groups is 2. The molecule has 2 amide bonds. The van der Waals surface area contributed by atoms with E-state index in [9.17, 15) is 9.59 Å². The highest BCUT2D eigenvalue weighted by Crippen LogP contribution is 2.31. The van der Waals surface area contributed by atoms with Gasteiger partial charge in [-0.2, -0.15) is 5.10 Å². The van der Waals surface area contributed by atoms with E-state index in [0.717, 1.165) is 37.1 Å². The minimum Gasteiger partial charge on any atom is -0.336 e. The number of hydrogen-bond acceptors (Lipinski definition) is 4. The lowest BCUT2D eigenvalue weighted by Gasteiger charge is -2.35. The zero-order valence-electron chi connectivity index (χ0n) is 15.6. The molecular formula is C20H25N5O2. The van der Waals surface area contributed by atoms with Crippen LogP contribution in [-0.4, -0.2) is 55.9 Å². The zero-order chi connectivity index (χ0) is 18.8. The number of nitrogens with one attached hydrogen (secondary N) is 1. The number of fused-ring (bicyclic) bond motifs is 4. The van der Waals surface area contributed by atoms with Crippen LogP contribution in [0.25, 0.3) is 0 Å². The van der Waals surface area contributed by atoms with E-state index in [0.29, 0.717) is 25.2 Å². The van der Waals surface area contributed by atoms with Gasteiger partial charge in [-0.3, -0.25) is 19.7 Å². The Morgan fingerprint density at radius 3 is 2.96 bits per heavy atom. The molecule has 0 saturated carbocycles. The Morgan fingerprint density at radius 1 is 1.30 bits per heavy atom. The molecule has 2 bridgehead atoms. The van der Waals surface area contributed by atoms with E-state index in [4.69, 9.17) is 0 Å². The van der Waals surface area contributed by atoms with Crippen molar-refractivity contribution in [2.24, 2.45) is 5.92 Å². The molecule has 3 aliphatic heterocycles. The van der Waals surface area contributed by atoms with Gasteiger partial charge in [0, 0.05) is 31.0 Å². The molecule has 0 aromatic carbocycles. The number of H-pyrrole nitrogens is 1. The van der Waals surface area contributed by atoms with E-state index in [1.54, 1.807) is 12.4 Å². The highest BCUT2D eigenvalue weighted by molar-refractivity contribution is 5.96. The normalized spacial score (nSPS) is 22.2. The summed E-state index contributed by atoms with van der Waals surface area (Å²) in [6.45, 7) is 3.65. The maximum Gasteiger partial charge on any atom is 0.257 e. The molecule has 0 unspecified atom stereocenters. The second-order valence-electron chi connectivity index (χ2n) is 7.44. The van der Waals surface area contributed by atoms with Gasteiger partial charge in [0.25, 0.3) is 5.91 Å². The van der Waals surface area contributed by atoms with Crippen molar-refractivity contribution in [2.45, 2.75) is 45.2 Å². The Morgan fingerprint density at radius 2 is 2.19 bits per heavy atom. The lowest BCUT2D eigenvalue weighted by Crippen LogP contribution is -2.47. The van der Waals surface area contributed by atoms with Crippen molar-refractivity contribution in [1.82, 2.24) is 25.0 Å². The Kier molecular flexibility index (Phi) is 4.92. The number of rotatable bonds is 5. The van der Waals surface area contributed by atoms with Gasteiger partial charge in [0.15, 0.2) is 0 Å². The lowest BCUT2D eigenvalue weighted by atomic mass is 9.94. The molecule has 5 heterocycles. The Labute approximate surface area is 158 Å². The second-order valence-corrected chi connectivity index (χ2v) is 7.44. The third-order valence-electron chi connectivity index (χ3n) is 5.59. The maximum atomic E-state index is 13.1. The average molecular weight is 367 g/mol. The zero-order valence-corrected chi connectivity index (χ0v) is 15.6. The van der Waals surface area contributed by atoms with Crippen LogP contribution in [0.4, 0.5) is 0 Å². The fourth-order valence-corrected chi connectivity index (χ4v) is 4.19. The van der Waals surface area contributed by atoms with Gasteiger partial charge in [-0.15, -0.1) is 0 Å². The first-order valence-corrected chi connectivity index (χ1v) is 9.69. The summed E-state index contributed by atoms with van der Waals surface area (Å²) >= 11 is 0. The predicted octanol–water partition coefficient (Wildman–Crippen LogP) is 2.02. The fourth-order valence-electron chi connectivity index (χ4n) is 4.19. The quantitative estimate of drug-likeness (QED) is 0.876. The summed E-state index contributed by atoms with van der Waals surface area (Å²) in [5.41, 5.74) is 2.41. The van der Waals surface area contributed by atoms with Gasteiger partial charge in [0.2, 0.25) is 5.91 Å². The van der Waals surface area contributed by atoms with E-state index in [2.05, 4.69) is 22.1 Å². The van der Waals surface area contributed by atoms with Crippen LogP contribution in [0.15, 0.2) is 30.6 Å². The highest BCUT2D eigenvalue weighted by Gasteiger charge is 2.42. The maximum absolute atomic E-state index is 13.1. The van der Waals surface area contributed by atoms with Crippen molar-refractivity contribution >= 4 is 11.8 Å². The van der Waals surface area contributed by atoms with Crippen molar-refractivity contribution in [1.29, 1.82) is 0 Å². The highest BCUT2D eigenvalue weighted by atomic mass is 16.2.